The van der Waals surface area contributed by atoms with Gasteiger partial charge in [0.15, 0.2) is 0 Å². The zero-order valence-electron chi connectivity index (χ0n) is 8.61. The van der Waals surface area contributed by atoms with Gasteiger partial charge < -0.3 is 5.73 Å². The van der Waals surface area contributed by atoms with Crippen molar-refractivity contribution in [1.29, 1.82) is 0 Å². The number of aryl methyl sites for hydroxylation is 2. The van der Waals surface area contributed by atoms with Crippen LogP contribution < -0.4 is 5.73 Å². The number of aromatic nitrogens is 3. The molecule has 0 unspecified atom stereocenters. The highest BCUT2D eigenvalue weighted by Crippen LogP contribution is 2.22. The van der Waals surface area contributed by atoms with Crippen molar-refractivity contribution in [3.8, 4) is 0 Å². The second kappa shape index (κ2) is 3.31. The van der Waals surface area contributed by atoms with Crippen LogP contribution in [-0.4, -0.2) is 14.4 Å². The van der Waals surface area contributed by atoms with E-state index in [2.05, 4.69) is 14.4 Å². The Morgan fingerprint density at radius 2 is 2.20 bits per heavy atom. The molecule has 0 aromatic carbocycles. The summed E-state index contributed by atoms with van der Waals surface area (Å²) >= 11 is 0. The molecule has 1 aliphatic rings. The average Bonchev–Trinajstić information content (AvgIpc) is 2.67. The lowest BCUT2D eigenvalue weighted by Crippen LogP contribution is -2.09. The van der Waals surface area contributed by atoms with Crippen LogP contribution in [0.2, 0.25) is 0 Å². The summed E-state index contributed by atoms with van der Waals surface area (Å²) in [6, 6.07) is 1.98. The molecule has 4 nitrogen and oxygen atoms in total. The zero-order valence-corrected chi connectivity index (χ0v) is 8.61. The van der Waals surface area contributed by atoms with Crippen molar-refractivity contribution >= 4 is 5.78 Å². The van der Waals surface area contributed by atoms with Crippen LogP contribution in [0, 0.1) is 0 Å². The molecule has 78 valence electrons. The van der Waals surface area contributed by atoms with E-state index < -0.39 is 0 Å². The topological polar surface area (TPSA) is 56.2 Å². The standard InChI is InChI=1S/C11H14N4/c12-7-8-5-6-13-11-14-9-3-1-2-4-10(9)15(8)11/h5-6H,1-4,7,12H2. The number of imidazole rings is 1. The largest absolute Gasteiger partial charge is 0.325 e. The van der Waals surface area contributed by atoms with Gasteiger partial charge in [0.1, 0.15) is 0 Å². The molecule has 15 heavy (non-hydrogen) atoms. The van der Waals surface area contributed by atoms with Gasteiger partial charge in [0.2, 0.25) is 5.78 Å². The van der Waals surface area contributed by atoms with Crippen LogP contribution in [0.3, 0.4) is 0 Å². The number of fused-ring (bicyclic) bond motifs is 3. The van der Waals surface area contributed by atoms with E-state index in [1.165, 1.54) is 24.2 Å². The lowest BCUT2D eigenvalue weighted by atomic mass is 10.0. The van der Waals surface area contributed by atoms with Crippen molar-refractivity contribution < 1.29 is 0 Å². The first-order chi connectivity index (χ1) is 7.40. The summed E-state index contributed by atoms with van der Waals surface area (Å²) in [5.41, 5.74) is 9.38. The lowest BCUT2D eigenvalue weighted by molar-refractivity contribution is 0.655. The lowest BCUT2D eigenvalue weighted by Gasteiger charge is -2.11. The van der Waals surface area contributed by atoms with E-state index >= 15 is 0 Å². The van der Waals surface area contributed by atoms with Crippen LogP contribution >= 0.6 is 0 Å². The molecule has 2 aromatic heterocycles. The Balaban J connectivity index is 2.33. The van der Waals surface area contributed by atoms with Crippen LogP contribution in [0.25, 0.3) is 5.78 Å². The maximum absolute atomic E-state index is 5.73. The van der Waals surface area contributed by atoms with Crippen molar-refractivity contribution in [1.82, 2.24) is 14.4 Å². The number of hydrogen-bond acceptors (Lipinski definition) is 3. The van der Waals surface area contributed by atoms with Gasteiger partial charge in [-0.05, 0) is 31.7 Å². The molecule has 0 bridgehead atoms. The Hall–Kier alpha value is -1.42. The second-order valence-electron chi connectivity index (χ2n) is 3.99. The van der Waals surface area contributed by atoms with Gasteiger partial charge in [-0.15, -0.1) is 0 Å². The molecule has 0 amide bonds. The quantitative estimate of drug-likeness (QED) is 0.752. The Kier molecular flexibility index (Phi) is 1.95. The molecule has 2 heterocycles. The fourth-order valence-corrected chi connectivity index (χ4v) is 2.34. The van der Waals surface area contributed by atoms with Gasteiger partial charge >= 0.3 is 0 Å². The molecule has 4 heteroatoms. The highest BCUT2D eigenvalue weighted by atomic mass is 15.1. The van der Waals surface area contributed by atoms with Crippen molar-refractivity contribution in [3.05, 3.63) is 29.3 Å². The average molecular weight is 202 g/mol. The van der Waals surface area contributed by atoms with Gasteiger partial charge in [0.25, 0.3) is 0 Å². The van der Waals surface area contributed by atoms with Crippen LogP contribution in [0.4, 0.5) is 0 Å². The van der Waals surface area contributed by atoms with E-state index in [0.29, 0.717) is 6.54 Å². The van der Waals surface area contributed by atoms with Crippen LogP contribution in [0.5, 0.6) is 0 Å². The normalized spacial score (nSPS) is 15.5. The number of rotatable bonds is 1. The predicted octanol–water partition coefficient (Wildman–Crippen LogP) is 1.07. The molecular weight excluding hydrogens is 188 g/mol. The van der Waals surface area contributed by atoms with Crippen molar-refractivity contribution in [2.24, 2.45) is 5.73 Å². The van der Waals surface area contributed by atoms with E-state index in [9.17, 15) is 0 Å². The molecular formula is C11H14N4. The molecule has 0 saturated heterocycles. The van der Waals surface area contributed by atoms with Gasteiger partial charge in [0, 0.05) is 24.1 Å². The van der Waals surface area contributed by atoms with Gasteiger partial charge in [-0.1, -0.05) is 0 Å². The minimum Gasteiger partial charge on any atom is -0.325 e. The molecule has 2 aromatic rings. The summed E-state index contributed by atoms with van der Waals surface area (Å²) in [4.78, 5) is 8.85. The third-order valence-electron chi connectivity index (χ3n) is 3.07. The predicted molar refractivity (Wildman–Crippen MR) is 57.5 cm³/mol. The number of nitrogens with two attached hydrogens (primary N) is 1. The molecule has 0 saturated carbocycles. The summed E-state index contributed by atoms with van der Waals surface area (Å²) in [6.45, 7) is 0.543. The minimum atomic E-state index is 0.543. The molecule has 0 spiro atoms. The fraction of sp³-hybridized carbons (Fsp3) is 0.455. The van der Waals surface area contributed by atoms with E-state index in [-0.39, 0.29) is 0 Å². The monoisotopic (exact) mass is 202 g/mol. The second-order valence-corrected chi connectivity index (χ2v) is 3.99. The Morgan fingerprint density at radius 3 is 3.07 bits per heavy atom. The van der Waals surface area contributed by atoms with Gasteiger partial charge in [-0.3, -0.25) is 4.40 Å². The van der Waals surface area contributed by atoms with Crippen molar-refractivity contribution in [3.63, 3.8) is 0 Å². The molecule has 0 radical (unpaired) electrons. The van der Waals surface area contributed by atoms with Crippen molar-refractivity contribution in [2.75, 3.05) is 0 Å². The molecule has 0 aliphatic heterocycles. The number of nitrogens with zero attached hydrogens (tertiary/aromatic N) is 3. The van der Waals surface area contributed by atoms with Crippen molar-refractivity contribution in [2.45, 2.75) is 32.2 Å². The smallest absolute Gasteiger partial charge is 0.234 e. The SMILES string of the molecule is NCc1ccnc2nc3c(n12)CCCC3. The van der Waals surface area contributed by atoms with E-state index in [0.717, 1.165) is 24.3 Å². The Labute approximate surface area is 88.1 Å². The Morgan fingerprint density at radius 1 is 1.33 bits per heavy atom. The molecule has 0 atom stereocenters. The van der Waals surface area contributed by atoms with Crippen LogP contribution in [0.1, 0.15) is 29.9 Å². The maximum atomic E-state index is 5.73. The first-order valence-electron chi connectivity index (χ1n) is 5.44. The van der Waals surface area contributed by atoms with Crippen LogP contribution in [-0.2, 0) is 19.4 Å². The first-order valence-corrected chi connectivity index (χ1v) is 5.44. The molecule has 1 aliphatic carbocycles. The van der Waals surface area contributed by atoms with Gasteiger partial charge in [-0.2, -0.15) is 0 Å². The Bertz CT molecular complexity index is 501. The maximum Gasteiger partial charge on any atom is 0.234 e. The summed E-state index contributed by atoms with van der Waals surface area (Å²) in [5, 5.41) is 0. The van der Waals surface area contributed by atoms with E-state index in [1.54, 1.807) is 6.20 Å². The molecule has 3 rings (SSSR count). The third kappa shape index (κ3) is 1.25. The molecule has 2 N–H and O–H groups in total. The van der Waals surface area contributed by atoms with Gasteiger partial charge in [0.05, 0.1) is 5.69 Å². The van der Waals surface area contributed by atoms with Gasteiger partial charge in [-0.25, -0.2) is 9.97 Å². The fourth-order valence-electron chi connectivity index (χ4n) is 2.34. The van der Waals surface area contributed by atoms with E-state index in [4.69, 9.17) is 5.73 Å². The third-order valence-corrected chi connectivity index (χ3v) is 3.07. The summed E-state index contributed by atoms with van der Waals surface area (Å²) in [7, 11) is 0. The summed E-state index contributed by atoms with van der Waals surface area (Å²) < 4.78 is 2.13. The minimum absolute atomic E-state index is 0.543. The highest BCUT2D eigenvalue weighted by Gasteiger charge is 2.17. The highest BCUT2D eigenvalue weighted by molar-refractivity contribution is 5.39. The number of hydrogen-bond donors (Lipinski definition) is 1. The summed E-state index contributed by atoms with van der Waals surface area (Å²) in [5.74, 6) is 0.810. The summed E-state index contributed by atoms with van der Waals surface area (Å²) in [6.07, 6.45) is 6.47. The van der Waals surface area contributed by atoms with E-state index in [1.807, 2.05) is 6.07 Å². The first kappa shape index (κ1) is 8.85. The molecule has 0 fully saturated rings. The van der Waals surface area contributed by atoms with Crippen LogP contribution in [0.15, 0.2) is 12.3 Å². The zero-order chi connectivity index (χ0) is 10.3.